The zero-order chi connectivity index (χ0) is 16.9. The van der Waals surface area contributed by atoms with Crippen molar-refractivity contribution in [2.45, 2.75) is 6.92 Å². The highest BCUT2D eigenvalue weighted by molar-refractivity contribution is 9.10. The van der Waals surface area contributed by atoms with Gasteiger partial charge >= 0.3 is 0 Å². The van der Waals surface area contributed by atoms with Crippen molar-refractivity contribution in [1.82, 2.24) is 10.2 Å². The number of carbonyl (C=O) groups excluding carboxylic acids is 1. The van der Waals surface area contributed by atoms with Gasteiger partial charge < -0.3 is 10.6 Å². The van der Waals surface area contributed by atoms with Crippen LogP contribution in [-0.4, -0.2) is 16.1 Å². The smallest absolute Gasteiger partial charge is 0.258 e. The number of carbonyl (C=O) groups is 1. The topological polar surface area (TPSA) is 66.9 Å². The SMILES string of the molecule is Cc1ccccc1Nc1ccc(NC(=O)c2ccccc2Br)nn1. The second-order valence-corrected chi connectivity index (χ2v) is 6.03. The lowest BCUT2D eigenvalue weighted by atomic mass is 10.2. The summed E-state index contributed by atoms with van der Waals surface area (Å²) in [6, 6.07) is 18.6. The third-order valence-corrected chi connectivity index (χ3v) is 4.12. The number of hydrogen-bond acceptors (Lipinski definition) is 4. The van der Waals surface area contributed by atoms with E-state index in [1.165, 1.54) is 0 Å². The number of anilines is 3. The van der Waals surface area contributed by atoms with Crippen LogP contribution in [0.4, 0.5) is 17.3 Å². The summed E-state index contributed by atoms with van der Waals surface area (Å²) in [4.78, 5) is 12.2. The van der Waals surface area contributed by atoms with Gasteiger partial charge in [-0.2, -0.15) is 0 Å². The van der Waals surface area contributed by atoms with Gasteiger partial charge in [0, 0.05) is 10.2 Å². The lowest BCUT2D eigenvalue weighted by Gasteiger charge is -2.09. The Kier molecular flexibility index (Phi) is 4.86. The van der Waals surface area contributed by atoms with Crippen LogP contribution in [0.25, 0.3) is 0 Å². The molecule has 1 amide bonds. The van der Waals surface area contributed by atoms with Crippen molar-refractivity contribution in [3.63, 3.8) is 0 Å². The number of rotatable bonds is 4. The third kappa shape index (κ3) is 3.78. The lowest BCUT2D eigenvalue weighted by molar-refractivity contribution is 0.102. The van der Waals surface area contributed by atoms with E-state index in [4.69, 9.17) is 0 Å². The van der Waals surface area contributed by atoms with Gasteiger partial charge in [0.1, 0.15) is 0 Å². The van der Waals surface area contributed by atoms with Gasteiger partial charge in [0.05, 0.1) is 5.56 Å². The zero-order valence-corrected chi connectivity index (χ0v) is 14.5. The van der Waals surface area contributed by atoms with E-state index in [0.717, 1.165) is 15.7 Å². The van der Waals surface area contributed by atoms with E-state index in [2.05, 4.69) is 36.8 Å². The minimum Gasteiger partial charge on any atom is -0.339 e. The van der Waals surface area contributed by atoms with Gasteiger partial charge in [-0.3, -0.25) is 4.79 Å². The molecule has 0 aliphatic carbocycles. The van der Waals surface area contributed by atoms with E-state index >= 15 is 0 Å². The molecule has 0 spiro atoms. The van der Waals surface area contributed by atoms with Gasteiger partial charge in [-0.25, -0.2) is 0 Å². The monoisotopic (exact) mass is 382 g/mol. The van der Waals surface area contributed by atoms with Crippen LogP contribution >= 0.6 is 15.9 Å². The standard InChI is InChI=1S/C18H15BrN4O/c1-12-6-2-5-9-15(12)20-16-10-11-17(23-22-16)21-18(24)13-7-3-4-8-14(13)19/h2-11H,1H3,(H,20,22)(H,21,23,24). The van der Waals surface area contributed by atoms with Crippen molar-refractivity contribution in [3.8, 4) is 0 Å². The van der Waals surface area contributed by atoms with E-state index in [-0.39, 0.29) is 5.91 Å². The second kappa shape index (κ2) is 7.23. The number of aromatic nitrogens is 2. The molecule has 0 bridgehead atoms. The van der Waals surface area contributed by atoms with Crippen LogP contribution in [0.15, 0.2) is 65.1 Å². The van der Waals surface area contributed by atoms with Gasteiger partial charge in [0.15, 0.2) is 11.6 Å². The molecule has 24 heavy (non-hydrogen) atoms. The van der Waals surface area contributed by atoms with Gasteiger partial charge in [-0.05, 0) is 58.7 Å². The van der Waals surface area contributed by atoms with Crippen molar-refractivity contribution >= 4 is 39.2 Å². The fourth-order valence-corrected chi connectivity index (χ4v) is 2.61. The molecular formula is C18H15BrN4O. The summed E-state index contributed by atoms with van der Waals surface area (Å²) in [7, 11) is 0. The highest BCUT2D eigenvalue weighted by Crippen LogP contribution is 2.20. The molecule has 0 unspecified atom stereocenters. The first-order valence-electron chi connectivity index (χ1n) is 7.36. The molecule has 0 saturated heterocycles. The Balaban J connectivity index is 1.70. The Bertz CT molecular complexity index is 865. The van der Waals surface area contributed by atoms with E-state index in [1.54, 1.807) is 24.3 Å². The summed E-state index contributed by atoms with van der Waals surface area (Å²) in [6.07, 6.45) is 0. The van der Waals surface area contributed by atoms with E-state index in [9.17, 15) is 4.79 Å². The van der Waals surface area contributed by atoms with Gasteiger partial charge in [0.2, 0.25) is 0 Å². The fourth-order valence-electron chi connectivity index (χ4n) is 2.15. The molecule has 0 fully saturated rings. The van der Waals surface area contributed by atoms with E-state index in [1.807, 2.05) is 43.3 Å². The van der Waals surface area contributed by atoms with Gasteiger partial charge in [-0.1, -0.05) is 30.3 Å². The first-order valence-corrected chi connectivity index (χ1v) is 8.15. The first-order chi connectivity index (χ1) is 11.6. The van der Waals surface area contributed by atoms with Crippen molar-refractivity contribution in [3.05, 3.63) is 76.3 Å². The molecule has 120 valence electrons. The molecule has 0 atom stereocenters. The number of nitrogens with zero attached hydrogens (tertiary/aromatic N) is 2. The predicted octanol–water partition coefficient (Wildman–Crippen LogP) is 4.54. The predicted molar refractivity (Wildman–Crippen MR) is 98.6 cm³/mol. The number of amides is 1. The summed E-state index contributed by atoms with van der Waals surface area (Å²) >= 11 is 3.36. The number of halogens is 1. The number of benzene rings is 2. The molecule has 1 heterocycles. The maximum Gasteiger partial charge on any atom is 0.258 e. The minimum atomic E-state index is -0.239. The summed E-state index contributed by atoms with van der Waals surface area (Å²) < 4.78 is 0.730. The van der Waals surface area contributed by atoms with Crippen LogP contribution in [0.3, 0.4) is 0 Å². The Morgan fingerprint density at radius 1 is 0.917 bits per heavy atom. The third-order valence-electron chi connectivity index (χ3n) is 3.43. The minimum absolute atomic E-state index is 0.239. The molecule has 3 rings (SSSR count). The van der Waals surface area contributed by atoms with Crippen molar-refractivity contribution in [2.75, 3.05) is 10.6 Å². The zero-order valence-electron chi connectivity index (χ0n) is 13.0. The van der Waals surface area contributed by atoms with Crippen molar-refractivity contribution in [2.24, 2.45) is 0 Å². The molecule has 0 aliphatic heterocycles. The molecule has 0 radical (unpaired) electrons. The fraction of sp³-hybridized carbons (Fsp3) is 0.0556. The molecular weight excluding hydrogens is 368 g/mol. The van der Waals surface area contributed by atoms with E-state index in [0.29, 0.717) is 17.2 Å². The Morgan fingerprint density at radius 3 is 2.29 bits per heavy atom. The quantitative estimate of drug-likeness (QED) is 0.694. The largest absolute Gasteiger partial charge is 0.339 e. The maximum atomic E-state index is 12.2. The van der Waals surface area contributed by atoms with Crippen LogP contribution in [0.1, 0.15) is 15.9 Å². The highest BCUT2D eigenvalue weighted by atomic mass is 79.9. The summed E-state index contributed by atoms with van der Waals surface area (Å²) in [5, 5.41) is 14.1. The van der Waals surface area contributed by atoms with Gasteiger partial charge in [0.25, 0.3) is 5.91 Å². The average Bonchev–Trinajstić information content (AvgIpc) is 2.59. The Hall–Kier alpha value is -2.73. The molecule has 6 heteroatoms. The Labute approximate surface area is 148 Å². The highest BCUT2D eigenvalue weighted by Gasteiger charge is 2.10. The van der Waals surface area contributed by atoms with Crippen LogP contribution in [0.2, 0.25) is 0 Å². The second-order valence-electron chi connectivity index (χ2n) is 5.18. The molecule has 0 aliphatic rings. The number of nitrogens with one attached hydrogen (secondary N) is 2. The molecule has 3 aromatic rings. The van der Waals surface area contributed by atoms with Crippen LogP contribution < -0.4 is 10.6 Å². The van der Waals surface area contributed by atoms with Crippen molar-refractivity contribution in [1.29, 1.82) is 0 Å². The van der Waals surface area contributed by atoms with Crippen LogP contribution in [-0.2, 0) is 0 Å². The number of hydrogen-bond donors (Lipinski definition) is 2. The van der Waals surface area contributed by atoms with Crippen LogP contribution in [0, 0.1) is 6.92 Å². The number of aryl methyl sites for hydroxylation is 1. The van der Waals surface area contributed by atoms with Crippen LogP contribution in [0.5, 0.6) is 0 Å². The maximum absolute atomic E-state index is 12.2. The summed E-state index contributed by atoms with van der Waals surface area (Å²) in [5.74, 6) is 0.769. The molecule has 0 saturated carbocycles. The van der Waals surface area contributed by atoms with Crippen molar-refractivity contribution < 1.29 is 4.79 Å². The molecule has 5 nitrogen and oxygen atoms in total. The molecule has 1 aromatic heterocycles. The normalized spacial score (nSPS) is 10.2. The lowest BCUT2D eigenvalue weighted by Crippen LogP contribution is -2.14. The summed E-state index contributed by atoms with van der Waals surface area (Å²) in [5.41, 5.74) is 2.63. The summed E-state index contributed by atoms with van der Waals surface area (Å²) in [6.45, 7) is 2.02. The molecule has 2 aromatic carbocycles. The van der Waals surface area contributed by atoms with Gasteiger partial charge in [-0.15, -0.1) is 10.2 Å². The molecule has 2 N–H and O–H groups in total. The average molecular weight is 383 g/mol. The number of para-hydroxylation sites is 1. The van der Waals surface area contributed by atoms with E-state index < -0.39 is 0 Å². The Morgan fingerprint density at radius 2 is 1.58 bits per heavy atom. The first kappa shape index (κ1) is 16.1.